The molecule has 0 aliphatic carbocycles. The lowest BCUT2D eigenvalue weighted by Gasteiger charge is -2.21. The van der Waals surface area contributed by atoms with Gasteiger partial charge in [0.25, 0.3) is 0 Å². The van der Waals surface area contributed by atoms with E-state index in [2.05, 4.69) is 76.3 Å². The summed E-state index contributed by atoms with van der Waals surface area (Å²) in [5, 5.41) is 10.6. The van der Waals surface area contributed by atoms with Gasteiger partial charge in [-0.25, -0.2) is 9.13 Å². The zero-order chi connectivity index (χ0) is 71.8. The maximum atomic E-state index is 13.1. The number of aliphatic hydroxyl groups excluding tert-OH is 1. The fourth-order valence-electron chi connectivity index (χ4n) is 11.1. The summed E-state index contributed by atoms with van der Waals surface area (Å²) >= 11 is 0. The lowest BCUT2D eigenvalue weighted by Crippen LogP contribution is -2.30. The maximum Gasteiger partial charge on any atom is 0.472 e. The van der Waals surface area contributed by atoms with Gasteiger partial charge in [-0.2, -0.15) is 0 Å². The highest BCUT2D eigenvalue weighted by molar-refractivity contribution is 7.47. The van der Waals surface area contributed by atoms with Crippen LogP contribution in [-0.2, 0) is 65.4 Å². The van der Waals surface area contributed by atoms with Gasteiger partial charge in [-0.05, 0) is 128 Å². The number of ether oxygens (including phenoxy) is 4. The molecule has 0 heterocycles. The molecule has 0 fully saturated rings. The number of allylic oxidation sites excluding steroid dienone is 8. The van der Waals surface area contributed by atoms with Crippen LogP contribution in [0.2, 0.25) is 0 Å². The van der Waals surface area contributed by atoms with Gasteiger partial charge in [0.1, 0.15) is 19.3 Å². The van der Waals surface area contributed by atoms with Gasteiger partial charge < -0.3 is 33.8 Å². The summed E-state index contributed by atoms with van der Waals surface area (Å²) in [4.78, 5) is 72.9. The van der Waals surface area contributed by atoms with E-state index in [0.29, 0.717) is 25.7 Å². The van der Waals surface area contributed by atoms with Crippen LogP contribution < -0.4 is 0 Å². The summed E-state index contributed by atoms with van der Waals surface area (Å²) in [6, 6.07) is 0. The number of hydrogen-bond donors (Lipinski definition) is 3. The van der Waals surface area contributed by atoms with Crippen LogP contribution in [0.5, 0.6) is 0 Å². The molecule has 0 aromatic rings. The minimum absolute atomic E-state index is 0.0886. The average Bonchev–Trinajstić information content (AvgIpc) is 1.04. The number of hydrogen-bond acceptors (Lipinski definition) is 15. The van der Waals surface area contributed by atoms with Crippen molar-refractivity contribution in [1.82, 2.24) is 0 Å². The van der Waals surface area contributed by atoms with Gasteiger partial charge in [0, 0.05) is 25.7 Å². The Hall–Kier alpha value is -2.98. The van der Waals surface area contributed by atoms with E-state index >= 15 is 0 Å². The lowest BCUT2D eigenvalue weighted by molar-refractivity contribution is -0.161. The van der Waals surface area contributed by atoms with E-state index in [0.717, 1.165) is 167 Å². The molecular formula is C79H146O17P2. The van der Waals surface area contributed by atoms with Gasteiger partial charge >= 0.3 is 39.5 Å². The van der Waals surface area contributed by atoms with Crippen molar-refractivity contribution in [3.63, 3.8) is 0 Å². The Labute approximate surface area is 597 Å². The van der Waals surface area contributed by atoms with E-state index in [9.17, 15) is 43.2 Å². The predicted molar refractivity (Wildman–Crippen MR) is 400 cm³/mol. The number of esters is 4. The van der Waals surface area contributed by atoms with E-state index in [4.69, 9.17) is 37.0 Å². The number of aliphatic hydroxyl groups is 1. The highest BCUT2D eigenvalue weighted by Crippen LogP contribution is 2.45. The molecule has 2 unspecified atom stereocenters. The molecule has 0 saturated carbocycles. The molecule has 0 bridgehead atoms. The molecule has 5 atom stereocenters. The van der Waals surface area contributed by atoms with E-state index in [1.807, 2.05) is 0 Å². The first kappa shape index (κ1) is 95.0. The summed E-state index contributed by atoms with van der Waals surface area (Å²) in [6.07, 6.45) is 69.4. The van der Waals surface area contributed by atoms with Crippen molar-refractivity contribution in [2.45, 2.75) is 393 Å². The molecule has 0 rings (SSSR count). The molecule has 574 valence electrons. The van der Waals surface area contributed by atoms with E-state index in [1.54, 1.807) is 0 Å². The quantitative estimate of drug-likeness (QED) is 0.0169. The van der Waals surface area contributed by atoms with Crippen molar-refractivity contribution in [2.24, 2.45) is 0 Å². The van der Waals surface area contributed by atoms with Crippen LogP contribution in [0.3, 0.4) is 0 Å². The van der Waals surface area contributed by atoms with E-state index in [1.165, 1.54) is 128 Å². The molecule has 0 aromatic heterocycles. The third kappa shape index (κ3) is 71.4. The van der Waals surface area contributed by atoms with Crippen LogP contribution in [0, 0.1) is 0 Å². The van der Waals surface area contributed by atoms with Gasteiger partial charge in [0.05, 0.1) is 26.4 Å². The summed E-state index contributed by atoms with van der Waals surface area (Å²) in [5.41, 5.74) is 0. The summed E-state index contributed by atoms with van der Waals surface area (Å²) in [5.74, 6) is -2.17. The number of phosphoric acid groups is 2. The van der Waals surface area contributed by atoms with Crippen molar-refractivity contribution in [1.29, 1.82) is 0 Å². The Bertz CT molecular complexity index is 2050. The van der Waals surface area contributed by atoms with Crippen LogP contribution in [0.15, 0.2) is 48.6 Å². The topological polar surface area (TPSA) is 237 Å². The van der Waals surface area contributed by atoms with Crippen LogP contribution >= 0.6 is 15.6 Å². The Morgan fingerprint density at radius 3 is 0.714 bits per heavy atom. The van der Waals surface area contributed by atoms with Crippen molar-refractivity contribution in [3.8, 4) is 0 Å². The van der Waals surface area contributed by atoms with E-state index in [-0.39, 0.29) is 25.7 Å². The number of carbonyl (C=O) groups excluding carboxylic acids is 4. The first-order valence-corrected chi connectivity index (χ1v) is 42.9. The molecular weight excluding hydrogens is 1280 g/mol. The number of rotatable bonds is 76. The Kier molecular flexibility index (Phi) is 70.2. The molecule has 0 radical (unpaired) electrons. The summed E-state index contributed by atoms with van der Waals surface area (Å²) < 4.78 is 68.6. The van der Waals surface area contributed by atoms with E-state index < -0.39 is 97.5 Å². The van der Waals surface area contributed by atoms with Crippen LogP contribution in [-0.4, -0.2) is 96.7 Å². The zero-order valence-electron chi connectivity index (χ0n) is 62.7. The minimum atomic E-state index is -4.97. The van der Waals surface area contributed by atoms with Gasteiger partial charge in [0.15, 0.2) is 12.2 Å². The smallest absolute Gasteiger partial charge is 0.462 e. The van der Waals surface area contributed by atoms with Crippen LogP contribution in [0.4, 0.5) is 0 Å². The summed E-state index contributed by atoms with van der Waals surface area (Å²) in [7, 11) is -9.94. The lowest BCUT2D eigenvalue weighted by atomic mass is 10.1. The molecule has 98 heavy (non-hydrogen) atoms. The molecule has 0 aromatic carbocycles. The fourth-order valence-corrected chi connectivity index (χ4v) is 12.7. The fraction of sp³-hybridized carbons (Fsp3) is 0.848. The molecule has 0 amide bonds. The third-order valence-corrected chi connectivity index (χ3v) is 19.1. The van der Waals surface area contributed by atoms with Gasteiger partial charge in [0.2, 0.25) is 0 Å². The number of carbonyl (C=O) groups is 4. The number of phosphoric ester groups is 2. The van der Waals surface area contributed by atoms with Crippen LogP contribution in [0.25, 0.3) is 0 Å². The Morgan fingerprint density at radius 1 is 0.276 bits per heavy atom. The third-order valence-electron chi connectivity index (χ3n) is 17.2. The highest BCUT2D eigenvalue weighted by Gasteiger charge is 2.30. The first-order valence-electron chi connectivity index (χ1n) is 39.9. The van der Waals surface area contributed by atoms with Crippen molar-refractivity contribution >= 4 is 39.5 Å². The maximum absolute atomic E-state index is 13.1. The molecule has 0 aliphatic heterocycles. The first-order chi connectivity index (χ1) is 47.7. The molecule has 0 saturated heterocycles. The zero-order valence-corrected chi connectivity index (χ0v) is 64.5. The second kappa shape index (κ2) is 72.4. The Morgan fingerprint density at radius 2 is 0.469 bits per heavy atom. The predicted octanol–water partition coefficient (Wildman–Crippen LogP) is 22.9. The molecule has 17 nitrogen and oxygen atoms in total. The van der Waals surface area contributed by atoms with Crippen LogP contribution in [0.1, 0.15) is 374 Å². The normalized spacial score (nSPS) is 14.2. The van der Waals surface area contributed by atoms with Crippen molar-refractivity contribution < 1.29 is 80.2 Å². The molecule has 3 N–H and O–H groups in total. The van der Waals surface area contributed by atoms with Gasteiger partial charge in [-0.3, -0.25) is 37.3 Å². The minimum Gasteiger partial charge on any atom is -0.462 e. The largest absolute Gasteiger partial charge is 0.472 e. The SMILES string of the molecule is CCCCCC/C=C\CCCCCCCCCC(=O)OC[C@H](COP(=O)(O)OC[C@@H](O)COP(=O)(O)OC[C@@H](COC(=O)CCCCCCC/C=C\CCCCCC)OC(=O)CCCCCCC/C=C\CCCCCCCC)OC(=O)CCCCCCCCC/C=C\CCCCCC. The standard InChI is InChI=1S/C79H146O17P2/c1-5-9-13-17-21-25-29-33-36-40-44-48-52-56-60-64-77(82)90-70-75(96-79(84)66-62-58-54-50-46-42-38-35-31-27-23-19-15-11-7-3)72-94-98(87,88)92-68-73(80)67-91-97(85,86)93-71-74(69-89-76(81)63-59-55-51-47-43-39-32-28-24-20-16-12-8-4)95-78(83)65-61-57-53-49-45-41-37-34-30-26-22-18-14-10-6-2/h25,27-29,31-32,34,37,73-75,80H,5-24,26,30,33,35-36,38-72H2,1-4H3,(H,85,86)(H,87,88)/b29-25-,31-27-,32-28-,37-34-/t73-,74+,75+/m0/s1. The molecule has 19 heteroatoms. The van der Waals surface area contributed by atoms with Crippen molar-refractivity contribution in [2.75, 3.05) is 39.6 Å². The average molecular weight is 1430 g/mol. The molecule has 0 spiro atoms. The van der Waals surface area contributed by atoms with Crippen molar-refractivity contribution in [3.05, 3.63) is 48.6 Å². The molecule has 0 aliphatic rings. The Balaban J connectivity index is 5.33. The second-order valence-electron chi connectivity index (χ2n) is 27.0. The highest BCUT2D eigenvalue weighted by atomic mass is 31.2. The number of unbranched alkanes of at least 4 members (excludes halogenated alkanes) is 42. The summed E-state index contributed by atoms with van der Waals surface area (Å²) in [6.45, 7) is 4.88. The monoisotopic (exact) mass is 1430 g/mol. The second-order valence-corrected chi connectivity index (χ2v) is 29.9. The van der Waals surface area contributed by atoms with Gasteiger partial charge in [-0.1, -0.05) is 269 Å². The van der Waals surface area contributed by atoms with Gasteiger partial charge in [-0.15, -0.1) is 0 Å².